The van der Waals surface area contributed by atoms with Crippen LogP contribution in [-0.4, -0.2) is 25.5 Å². The number of benzene rings is 1. The van der Waals surface area contributed by atoms with Gasteiger partial charge >= 0.3 is 6.18 Å². The van der Waals surface area contributed by atoms with Crippen LogP contribution in [0.25, 0.3) is 0 Å². The molecule has 1 aromatic rings. The molecule has 7 heteroatoms. The van der Waals surface area contributed by atoms with Gasteiger partial charge in [0.25, 0.3) is 0 Å². The van der Waals surface area contributed by atoms with Crippen LogP contribution in [0.15, 0.2) is 16.6 Å². The second-order valence-electron chi connectivity index (χ2n) is 3.76. The number of rotatable bonds is 3. The Morgan fingerprint density at radius 3 is 2.00 bits per heavy atom. The van der Waals surface area contributed by atoms with E-state index in [4.69, 9.17) is 9.47 Å². The van der Waals surface area contributed by atoms with E-state index in [0.717, 1.165) is 6.07 Å². The molecule has 0 saturated carbocycles. The molecule has 0 bridgehead atoms. The summed E-state index contributed by atoms with van der Waals surface area (Å²) in [5.41, 5.74) is -3.39. The van der Waals surface area contributed by atoms with E-state index in [1.807, 2.05) is 0 Å². The summed E-state index contributed by atoms with van der Waals surface area (Å²) in [6, 6.07) is 2.41. The summed E-state index contributed by atoms with van der Waals surface area (Å²) >= 11 is 3.07. The molecular weight excluding hydrogens is 317 g/mol. The van der Waals surface area contributed by atoms with Gasteiger partial charge in [0, 0.05) is 11.6 Å². The molecule has 102 valence electrons. The average molecular weight is 329 g/mol. The molecule has 0 aliphatic carbocycles. The number of aliphatic hydroxyl groups is 1. The van der Waals surface area contributed by atoms with Crippen molar-refractivity contribution in [3.8, 4) is 11.5 Å². The molecule has 1 aromatic carbocycles. The Hall–Kier alpha value is -0.950. The van der Waals surface area contributed by atoms with Gasteiger partial charge in [0.1, 0.15) is 11.5 Å². The SMILES string of the molecule is COc1cc(OC)c(C(C)(O)C(F)(F)F)cc1Br. The standard InChI is InChI=1S/C11H12BrF3O3/c1-10(16,11(13,14)15)6-4-7(12)9(18-3)5-8(6)17-2/h4-5,16H,1-3H3. The lowest BCUT2D eigenvalue weighted by Gasteiger charge is -2.28. The van der Waals surface area contributed by atoms with E-state index in [1.165, 1.54) is 20.3 Å². The van der Waals surface area contributed by atoms with Crippen molar-refractivity contribution in [2.24, 2.45) is 0 Å². The maximum Gasteiger partial charge on any atom is 0.421 e. The molecule has 0 fully saturated rings. The van der Waals surface area contributed by atoms with Crippen molar-refractivity contribution in [1.82, 2.24) is 0 Å². The summed E-state index contributed by atoms with van der Waals surface area (Å²) < 4.78 is 48.5. The summed E-state index contributed by atoms with van der Waals surface area (Å²) in [4.78, 5) is 0. The van der Waals surface area contributed by atoms with Crippen molar-refractivity contribution in [1.29, 1.82) is 0 Å². The largest absolute Gasteiger partial charge is 0.496 e. The number of halogens is 4. The fraction of sp³-hybridized carbons (Fsp3) is 0.455. The summed E-state index contributed by atoms with van der Waals surface area (Å²) in [5.74, 6) is 0.214. The molecule has 0 aliphatic heterocycles. The quantitative estimate of drug-likeness (QED) is 0.925. The van der Waals surface area contributed by atoms with Gasteiger partial charge < -0.3 is 14.6 Å². The molecule has 0 heterocycles. The summed E-state index contributed by atoms with van der Waals surface area (Å²) in [7, 11) is 2.60. The van der Waals surface area contributed by atoms with Crippen LogP contribution >= 0.6 is 15.9 Å². The van der Waals surface area contributed by atoms with E-state index in [0.29, 0.717) is 17.1 Å². The first-order valence-electron chi connectivity index (χ1n) is 4.86. The third-order valence-corrected chi connectivity index (χ3v) is 3.17. The zero-order valence-corrected chi connectivity index (χ0v) is 11.5. The van der Waals surface area contributed by atoms with Crippen molar-refractivity contribution in [2.75, 3.05) is 14.2 Å². The molecule has 0 spiro atoms. The molecule has 18 heavy (non-hydrogen) atoms. The van der Waals surface area contributed by atoms with Crippen molar-refractivity contribution < 1.29 is 27.8 Å². The van der Waals surface area contributed by atoms with Crippen LogP contribution in [-0.2, 0) is 5.60 Å². The lowest BCUT2D eigenvalue weighted by molar-refractivity contribution is -0.259. The van der Waals surface area contributed by atoms with Gasteiger partial charge in [0.05, 0.1) is 18.7 Å². The van der Waals surface area contributed by atoms with Gasteiger partial charge in [-0.05, 0) is 28.9 Å². The maximum absolute atomic E-state index is 12.8. The third-order valence-electron chi connectivity index (χ3n) is 2.55. The summed E-state index contributed by atoms with van der Waals surface area (Å²) in [5, 5.41) is 9.66. The molecule has 0 radical (unpaired) electrons. The Bertz CT molecular complexity index is 444. The highest BCUT2D eigenvalue weighted by Gasteiger charge is 2.52. The van der Waals surface area contributed by atoms with E-state index in [9.17, 15) is 18.3 Å². The third kappa shape index (κ3) is 2.56. The monoisotopic (exact) mass is 328 g/mol. The van der Waals surface area contributed by atoms with Crippen molar-refractivity contribution in [3.05, 3.63) is 22.2 Å². The van der Waals surface area contributed by atoms with E-state index >= 15 is 0 Å². The van der Waals surface area contributed by atoms with Crippen LogP contribution in [0.4, 0.5) is 13.2 Å². The Labute approximate surface area is 111 Å². The van der Waals surface area contributed by atoms with Gasteiger partial charge in [-0.2, -0.15) is 13.2 Å². The highest BCUT2D eigenvalue weighted by Crippen LogP contribution is 2.45. The Kier molecular flexibility index (Phi) is 4.17. The van der Waals surface area contributed by atoms with Crippen LogP contribution in [0.1, 0.15) is 12.5 Å². The molecule has 0 saturated heterocycles. The minimum atomic E-state index is -4.81. The molecule has 0 aliphatic rings. The van der Waals surface area contributed by atoms with Crippen molar-refractivity contribution in [3.63, 3.8) is 0 Å². The Balaban J connectivity index is 3.45. The number of methoxy groups -OCH3 is 2. The first-order valence-corrected chi connectivity index (χ1v) is 5.65. The van der Waals surface area contributed by atoms with Crippen LogP contribution in [0.5, 0.6) is 11.5 Å². The van der Waals surface area contributed by atoms with Crippen LogP contribution in [0, 0.1) is 0 Å². The normalized spacial score (nSPS) is 15.1. The topological polar surface area (TPSA) is 38.7 Å². The Morgan fingerprint density at radius 2 is 1.61 bits per heavy atom. The van der Waals surface area contributed by atoms with Crippen molar-refractivity contribution in [2.45, 2.75) is 18.7 Å². The zero-order chi connectivity index (χ0) is 14.1. The van der Waals surface area contributed by atoms with Crippen LogP contribution in [0.3, 0.4) is 0 Å². The number of hydrogen-bond donors (Lipinski definition) is 1. The van der Waals surface area contributed by atoms with E-state index in [2.05, 4.69) is 15.9 Å². The molecule has 0 amide bonds. The van der Waals surface area contributed by atoms with Gasteiger partial charge in [-0.15, -0.1) is 0 Å². The van der Waals surface area contributed by atoms with Crippen LogP contribution in [0.2, 0.25) is 0 Å². The molecule has 0 aromatic heterocycles. The van der Waals surface area contributed by atoms with E-state index in [1.54, 1.807) is 0 Å². The number of hydrogen-bond acceptors (Lipinski definition) is 3. The average Bonchev–Trinajstić information content (AvgIpc) is 2.27. The minimum absolute atomic E-state index is 0.0997. The van der Waals surface area contributed by atoms with Gasteiger partial charge in [-0.1, -0.05) is 0 Å². The molecule has 1 unspecified atom stereocenters. The van der Waals surface area contributed by atoms with Crippen molar-refractivity contribution >= 4 is 15.9 Å². The number of ether oxygens (including phenoxy) is 2. The predicted octanol–water partition coefficient (Wildman–Crippen LogP) is 3.24. The molecule has 1 rings (SSSR count). The Morgan fingerprint density at radius 1 is 1.11 bits per heavy atom. The lowest BCUT2D eigenvalue weighted by atomic mass is 9.94. The second kappa shape index (κ2) is 4.97. The molecule has 1 N–H and O–H groups in total. The summed E-state index contributed by atoms with van der Waals surface area (Å²) in [6.07, 6.45) is -4.81. The first-order chi connectivity index (χ1) is 8.15. The fourth-order valence-electron chi connectivity index (χ4n) is 1.39. The van der Waals surface area contributed by atoms with Gasteiger partial charge in [-0.25, -0.2) is 0 Å². The highest BCUT2D eigenvalue weighted by molar-refractivity contribution is 9.10. The zero-order valence-electron chi connectivity index (χ0n) is 9.93. The second-order valence-corrected chi connectivity index (χ2v) is 4.61. The molecule has 3 nitrogen and oxygen atoms in total. The minimum Gasteiger partial charge on any atom is -0.496 e. The lowest BCUT2D eigenvalue weighted by Crippen LogP contribution is -2.39. The smallest absolute Gasteiger partial charge is 0.421 e. The first kappa shape index (κ1) is 15.1. The number of alkyl halides is 3. The van der Waals surface area contributed by atoms with E-state index in [-0.39, 0.29) is 11.3 Å². The van der Waals surface area contributed by atoms with Gasteiger partial charge in [-0.3, -0.25) is 0 Å². The van der Waals surface area contributed by atoms with E-state index < -0.39 is 11.8 Å². The fourth-order valence-corrected chi connectivity index (χ4v) is 1.90. The highest BCUT2D eigenvalue weighted by atomic mass is 79.9. The van der Waals surface area contributed by atoms with Gasteiger partial charge in [0.2, 0.25) is 0 Å². The van der Waals surface area contributed by atoms with Gasteiger partial charge in [0.15, 0.2) is 5.60 Å². The molecule has 1 atom stereocenters. The predicted molar refractivity (Wildman–Crippen MR) is 62.9 cm³/mol. The molecular formula is C11H12BrF3O3. The summed E-state index contributed by atoms with van der Waals surface area (Å²) in [6.45, 7) is 0.670. The van der Waals surface area contributed by atoms with Crippen LogP contribution < -0.4 is 9.47 Å². The maximum atomic E-state index is 12.8.